The normalized spacial score (nSPS) is 17.9. The molecule has 30 heavy (non-hydrogen) atoms. The number of thioether (sulfide) groups is 1. The molecule has 0 bridgehead atoms. The van der Waals surface area contributed by atoms with E-state index in [2.05, 4.69) is 33.1 Å². The molecule has 0 radical (unpaired) electrons. The molecule has 0 aliphatic carbocycles. The SMILES string of the molecule is CCC[C@@H]1S/C(=N/N=C\c2cc(Br)ccc2OC)N(Cc2ccc(OC)cc2)C1=O. The first-order valence-electron chi connectivity index (χ1n) is 9.61. The molecule has 0 spiro atoms. The molecule has 1 saturated heterocycles. The maximum atomic E-state index is 12.9. The van der Waals surface area contributed by atoms with Crippen LogP contribution in [0.4, 0.5) is 0 Å². The summed E-state index contributed by atoms with van der Waals surface area (Å²) in [6, 6.07) is 13.4. The number of amides is 1. The molecule has 1 atom stereocenters. The highest BCUT2D eigenvalue weighted by Gasteiger charge is 2.37. The van der Waals surface area contributed by atoms with E-state index in [0.717, 1.165) is 34.2 Å². The minimum Gasteiger partial charge on any atom is -0.497 e. The summed E-state index contributed by atoms with van der Waals surface area (Å²) in [5.41, 5.74) is 1.81. The third-order valence-corrected chi connectivity index (χ3v) is 6.33. The number of rotatable bonds is 8. The average Bonchev–Trinajstić information content (AvgIpc) is 3.04. The van der Waals surface area contributed by atoms with Crippen LogP contribution in [0.2, 0.25) is 0 Å². The Kier molecular flexibility index (Phi) is 7.93. The number of methoxy groups -OCH3 is 2. The monoisotopic (exact) mass is 489 g/mol. The van der Waals surface area contributed by atoms with E-state index < -0.39 is 0 Å². The molecule has 0 N–H and O–H groups in total. The number of hydrogen-bond acceptors (Lipinski definition) is 6. The van der Waals surface area contributed by atoms with Gasteiger partial charge in [0.2, 0.25) is 5.91 Å². The Balaban J connectivity index is 1.83. The van der Waals surface area contributed by atoms with Gasteiger partial charge < -0.3 is 9.47 Å². The number of nitrogens with zero attached hydrogens (tertiary/aromatic N) is 3. The molecule has 0 aromatic heterocycles. The highest BCUT2D eigenvalue weighted by atomic mass is 79.9. The number of benzene rings is 2. The summed E-state index contributed by atoms with van der Waals surface area (Å²) >= 11 is 4.93. The maximum Gasteiger partial charge on any atom is 0.242 e. The third-order valence-electron chi connectivity index (χ3n) is 4.60. The number of halogens is 1. The summed E-state index contributed by atoms with van der Waals surface area (Å²) in [5.74, 6) is 1.56. The minimum atomic E-state index is -0.123. The summed E-state index contributed by atoms with van der Waals surface area (Å²) < 4.78 is 11.5. The van der Waals surface area contributed by atoms with E-state index in [1.54, 1.807) is 25.3 Å². The van der Waals surface area contributed by atoms with Gasteiger partial charge >= 0.3 is 0 Å². The van der Waals surface area contributed by atoms with Gasteiger partial charge in [-0.2, -0.15) is 5.10 Å². The second-order valence-corrected chi connectivity index (χ2v) is 8.77. The first-order chi connectivity index (χ1) is 14.5. The number of hydrogen-bond donors (Lipinski definition) is 0. The van der Waals surface area contributed by atoms with Crippen LogP contribution in [0.3, 0.4) is 0 Å². The standard InChI is InChI=1S/C22H24BrN3O3S/c1-4-5-20-21(27)26(14-15-6-9-18(28-2)10-7-15)22(30-20)25-24-13-16-12-17(23)8-11-19(16)29-3/h6-13,20H,4-5,14H2,1-3H3/b24-13-,25-22+/t20-/m0/s1. The summed E-state index contributed by atoms with van der Waals surface area (Å²) in [5, 5.41) is 9.11. The Morgan fingerprint density at radius 3 is 2.60 bits per heavy atom. The van der Waals surface area contributed by atoms with E-state index in [4.69, 9.17) is 9.47 Å². The fraction of sp³-hybridized carbons (Fsp3) is 0.318. The summed E-state index contributed by atoms with van der Waals surface area (Å²) in [7, 11) is 3.25. The Hall–Kier alpha value is -2.32. The van der Waals surface area contributed by atoms with Gasteiger partial charge in [-0.15, -0.1) is 5.10 Å². The molecule has 1 aliphatic heterocycles. The van der Waals surface area contributed by atoms with Gasteiger partial charge in [0.15, 0.2) is 5.17 Å². The van der Waals surface area contributed by atoms with Crippen LogP contribution in [-0.4, -0.2) is 41.7 Å². The van der Waals surface area contributed by atoms with E-state index in [1.807, 2.05) is 42.5 Å². The lowest BCUT2D eigenvalue weighted by molar-refractivity contribution is -0.126. The van der Waals surface area contributed by atoms with Crippen LogP contribution in [0.15, 0.2) is 57.1 Å². The molecule has 6 nitrogen and oxygen atoms in total. The molecule has 158 valence electrons. The van der Waals surface area contributed by atoms with E-state index >= 15 is 0 Å². The summed E-state index contributed by atoms with van der Waals surface area (Å²) in [6.45, 7) is 2.53. The van der Waals surface area contributed by atoms with Gasteiger partial charge in [-0.1, -0.05) is 53.2 Å². The van der Waals surface area contributed by atoms with E-state index in [9.17, 15) is 4.79 Å². The van der Waals surface area contributed by atoms with Crippen molar-refractivity contribution in [3.05, 3.63) is 58.1 Å². The molecular formula is C22H24BrN3O3S. The predicted molar refractivity (Wildman–Crippen MR) is 126 cm³/mol. The first-order valence-corrected chi connectivity index (χ1v) is 11.3. The lowest BCUT2D eigenvalue weighted by Gasteiger charge is -2.16. The van der Waals surface area contributed by atoms with Crippen LogP contribution in [0, 0.1) is 0 Å². The van der Waals surface area contributed by atoms with Crippen molar-refractivity contribution in [2.45, 2.75) is 31.6 Å². The van der Waals surface area contributed by atoms with Gasteiger partial charge in [0, 0.05) is 10.0 Å². The molecule has 1 heterocycles. The van der Waals surface area contributed by atoms with E-state index in [0.29, 0.717) is 17.5 Å². The van der Waals surface area contributed by atoms with Crippen molar-refractivity contribution in [3.8, 4) is 11.5 Å². The molecule has 2 aromatic carbocycles. The van der Waals surface area contributed by atoms with E-state index in [-0.39, 0.29) is 11.2 Å². The molecule has 1 amide bonds. The van der Waals surface area contributed by atoms with Crippen LogP contribution in [0.5, 0.6) is 11.5 Å². The van der Waals surface area contributed by atoms with Gasteiger partial charge in [0.05, 0.1) is 32.2 Å². The van der Waals surface area contributed by atoms with Gasteiger partial charge in [0.1, 0.15) is 11.5 Å². The number of carbonyl (C=O) groups excluding carboxylic acids is 1. The van der Waals surface area contributed by atoms with Crippen LogP contribution in [-0.2, 0) is 11.3 Å². The molecule has 2 aromatic rings. The minimum absolute atomic E-state index is 0.0756. The third kappa shape index (κ3) is 5.43. The fourth-order valence-electron chi connectivity index (χ4n) is 3.04. The lowest BCUT2D eigenvalue weighted by Crippen LogP contribution is -2.31. The van der Waals surface area contributed by atoms with Crippen molar-refractivity contribution in [1.29, 1.82) is 0 Å². The van der Waals surface area contributed by atoms with Crippen LogP contribution in [0.1, 0.15) is 30.9 Å². The van der Waals surface area contributed by atoms with Crippen LogP contribution < -0.4 is 9.47 Å². The zero-order chi connectivity index (χ0) is 21.5. The number of carbonyl (C=O) groups is 1. The highest BCUT2D eigenvalue weighted by molar-refractivity contribution is 9.10. The molecule has 3 rings (SSSR count). The van der Waals surface area contributed by atoms with Crippen LogP contribution >= 0.6 is 27.7 Å². The summed E-state index contributed by atoms with van der Waals surface area (Å²) in [6.07, 6.45) is 3.39. The zero-order valence-corrected chi connectivity index (χ0v) is 19.6. The molecule has 1 fully saturated rings. The zero-order valence-electron chi connectivity index (χ0n) is 17.2. The quantitative estimate of drug-likeness (QED) is 0.382. The number of ether oxygens (including phenoxy) is 2. The van der Waals surface area contributed by atoms with Crippen molar-refractivity contribution in [2.24, 2.45) is 10.2 Å². The summed E-state index contributed by atoms with van der Waals surface area (Å²) in [4.78, 5) is 14.6. The highest BCUT2D eigenvalue weighted by Crippen LogP contribution is 2.32. The molecule has 0 unspecified atom stereocenters. The Morgan fingerprint density at radius 2 is 1.93 bits per heavy atom. The van der Waals surface area contributed by atoms with Crippen molar-refractivity contribution in [2.75, 3.05) is 14.2 Å². The lowest BCUT2D eigenvalue weighted by atomic mass is 10.2. The van der Waals surface area contributed by atoms with Crippen molar-refractivity contribution in [3.63, 3.8) is 0 Å². The van der Waals surface area contributed by atoms with Crippen molar-refractivity contribution in [1.82, 2.24) is 4.90 Å². The smallest absolute Gasteiger partial charge is 0.242 e. The molecule has 1 aliphatic rings. The molecule has 8 heteroatoms. The van der Waals surface area contributed by atoms with E-state index in [1.165, 1.54) is 11.8 Å². The fourth-order valence-corrected chi connectivity index (χ4v) is 4.63. The first kappa shape index (κ1) is 22.4. The Morgan fingerprint density at radius 1 is 1.17 bits per heavy atom. The second kappa shape index (κ2) is 10.6. The van der Waals surface area contributed by atoms with Gasteiger partial charge in [0.25, 0.3) is 0 Å². The van der Waals surface area contributed by atoms with Crippen LogP contribution in [0.25, 0.3) is 0 Å². The van der Waals surface area contributed by atoms with Crippen molar-refractivity contribution >= 4 is 45.0 Å². The Bertz CT molecular complexity index is 947. The maximum absolute atomic E-state index is 12.9. The topological polar surface area (TPSA) is 63.5 Å². The van der Waals surface area contributed by atoms with Gasteiger partial charge in [-0.25, -0.2) is 0 Å². The average molecular weight is 490 g/mol. The van der Waals surface area contributed by atoms with Crippen molar-refractivity contribution < 1.29 is 14.3 Å². The number of amidine groups is 1. The van der Waals surface area contributed by atoms with Gasteiger partial charge in [-0.05, 0) is 42.3 Å². The largest absolute Gasteiger partial charge is 0.497 e. The predicted octanol–water partition coefficient (Wildman–Crippen LogP) is 5.10. The molecular weight excluding hydrogens is 466 g/mol. The van der Waals surface area contributed by atoms with Gasteiger partial charge in [-0.3, -0.25) is 9.69 Å². The second-order valence-electron chi connectivity index (χ2n) is 6.68. The molecule has 0 saturated carbocycles. The Labute approximate surface area is 189 Å².